The molecule has 1 amide bonds. The third kappa shape index (κ3) is 4.20. The van der Waals surface area contributed by atoms with E-state index in [-0.39, 0.29) is 5.91 Å². The van der Waals surface area contributed by atoms with Crippen molar-refractivity contribution in [3.63, 3.8) is 0 Å². The number of carbonyl (C=O) groups excluding carboxylic acids is 1. The summed E-state index contributed by atoms with van der Waals surface area (Å²) in [4.78, 5) is 12.8. The van der Waals surface area contributed by atoms with E-state index >= 15 is 0 Å². The molecule has 1 aliphatic rings. The quantitative estimate of drug-likeness (QED) is 0.715. The molecule has 0 spiro atoms. The van der Waals surface area contributed by atoms with Gasteiger partial charge in [-0.1, -0.05) is 33.6 Å². The van der Waals surface area contributed by atoms with Crippen molar-refractivity contribution in [3.8, 4) is 0 Å². The van der Waals surface area contributed by atoms with Crippen molar-refractivity contribution in [3.05, 3.63) is 33.3 Å². The van der Waals surface area contributed by atoms with Gasteiger partial charge in [0.1, 0.15) is 0 Å². The van der Waals surface area contributed by atoms with Crippen LogP contribution in [0.1, 0.15) is 36.0 Å². The monoisotopic (exact) mass is 407 g/mol. The van der Waals surface area contributed by atoms with Gasteiger partial charge in [0, 0.05) is 15.8 Å². The van der Waals surface area contributed by atoms with Gasteiger partial charge < -0.3 is 5.32 Å². The Bertz CT molecular complexity index is 459. The highest BCUT2D eigenvalue weighted by Gasteiger charge is 2.20. The molecule has 0 bridgehead atoms. The Hall–Kier alpha value is -0.0600. The highest BCUT2D eigenvalue weighted by molar-refractivity contribution is 9.10. The highest BCUT2D eigenvalue weighted by Crippen LogP contribution is 2.29. The third-order valence-corrected chi connectivity index (χ3v) is 5.74. The molecule has 0 aromatic heterocycles. The van der Waals surface area contributed by atoms with Crippen LogP contribution in [0.4, 0.5) is 0 Å². The van der Waals surface area contributed by atoms with Gasteiger partial charge in [-0.15, -0.1) is 0 Å². The van der Waals surface area contributed by atoms with Crippen LogP contribution in [0.15, 0.2) is 22.7 Å². The maximum Gasteiger partial charge on any atom is 0.252 e. The molecule has 1 saturated carbocycles. The van der Waals surface area contributed by atoms with Crippen LogP contribution in [0.5, 0.6) is 0 Å². The molecule has 1 aromatic carbocycles. The standard InChI is InChI=1S/C14H16Br2ClNO/c15-10-6-4-9(5-7-10)8-18-14(19)11-2-1-3-12(16)13(11)17/h1-3,9-10H,4-8H2,(H,18,19). The topological polar surface area (TPSA) is 29.1 Å². The summed E-state index contributed by atoms with van der Waals surface area (Å²) >= 11 is 13.1. The first kappa shape index (κ1) is 15.3. The Labute approximate surface area is 135 Å². The summed E-state index contributed by atoms with van der Waals surface area (Å²) in [7, 11) is 0. The summed E-state index contributed by atoms with van der Waals surface area (Å²) in [6.45, 7) is 0.737. The Morgan fingerprint density at radius 1 is 1.32 bits per heavy atom. The van der Waals surface area contributed by atoms with E-state index in [0.29, 0.717) is 21.3 Å². The smallest absolute Gasteiger partial charge is 0.252 e. The van der Waals surface area contributed by atoms with Crippen LogP contribution in [0.2, 0.25) is 5.02 Å². The number of carbonyl (C=O) groups is 1. The maximum atomic E-state index is 12.1. The maximum absolute atomic E-state index is 12.1. The lowest BCUT2D eigenvalue weighted by Crippen LogP contribution is -2.31. The second-order valence-electron chi connectivity index (χ2n) is 4.93. The van der Waals surface area contributed by atoms with E-state index in [2.05, 4.69) is 37.2 Å². The van der Waals surface area contributed by atoms with Crippen molar-refractivity contribution in [1.82, 2.24) is 5.32 Å². The molecular weight excluding hydrogens is 393 g/mol. The molecule has 0 heterocycles. The van der Waals surface area contributed by atoms with E-state index in [1.807, 2.05) is 12.1 Å². The first-order valence-electron chi connectivity index (χ1n) is 6.44. The zero-order valence-corrected chi connectivity index (χ0v) is 14.4. The van der Waals surface area contributed by atoms with Gasteiger partial charge in [-0.25, -0.2) is 0 Å². The van der Waals surface area contributed by atoms with Crippen molar-refractivity contribution in [2.75, 3.05) is 6.54 Å². The fourth-order valence-corrected chi connectivity index (χ4v) is 3.44. The van der Waals surface area contributed by atoms with E-state index in [4.69, 9.17) is 11.6 Å². The number of hydrogen-bond acceptors (Lipinski definition) is 1. The second-order valence-corrected chi connectivity index (χ2v) is 7.46. The number of alkyl halides is 1. The SMILES string of the molecule is O=C(NCC1CCC(Br)CC1)c1cccc(Br)c1Cl. The molecule has 19 heavy (non-hydrogen) atoms. The van der Waals surface area contributed by atoms with Crippen molar-refractivity contribution in [1.29, 1.82) is 0 Å². The highest BCUT2D eigenvalue weighted by atomic mass is 79.9. The van der Waals surface area contributed by atoms with Gasteiger partial charge in [-0.2, -0.15) is 0 Å². The molecule has 5 heteroatoms. The van der Waals surface area contributed by atoms with Gasteiger partial charge in [0.25, 0.3) is 5.91 Å². The van der Waals surface area contributed by atoms with Crippen LogP contribution in [-0.2, 0) is 0 Å². The largest absolute Gasteiger partial charge is 0.352 e. The van der Waals surface area contributed by atoms with Crippen LogP contribution in [0, 0.1) is 5.92 Å². The summed E-state index contributed by atoms with van der Waals surface area (Å²) in [6, 6.07) is 5.40. The molecule has 1 aromatic rings. The number of amides is 1. The number of halogens is 3. The lowest BCUT2D eigenvalue weighted by molar-refractivity contribution is 0.0944. The number of hydrogen-bond donors (Lipinski definition) is 1. The first-order chi connectivity index (χ1) is 9.08. The molecule has 2 rings (SSSR count). The van der Waals surface area contributed by atoms with E-state index in [1.54, 1.807) is 6.07 Å². The summed E-state index contributed by atoms with van der Waals surface area (Å²) < 4.78 is 0.751. The summed E-state index contributed by atoms with van der Waals surface area (Å²) in [5, 5.41) is 3.47. The van der Waals surface area contributed by atoms with E-state index < -0.39 is 0 Å². The van der Waals surface area contributed by atoms with Gasteiger partial charge in [-0.3, -0.25) is 4.79 Å². The molecule has 2 nitrogen and oxygen atoms in total. The molecule has 1 N–H and O–H groups in total. The van der Waals surface area contributed by atoms with Crippen LogP contribution in [-0.4, -0.2) is 17.3 Å². The van der Waals surface area contributed by atoms with Gasteiger partial charge in [0.2, 0.25) is 0 Å². The first-order valence-corrected chi connectivity index (χ1v) is 8.53. The molecule has 0 unspecified atom stereocenters. The number of rotatable bonds is 3. The lowest BCUT2D eigenvalue weighted by Gasteiger charge is -2.25. The Kier molecular flexibility index (Phi) is 5.72. The van der Waals surface area contributed by atoms with Crippen molar-refractivity contribution in [2.24, 2.45) is 5.92 Å². The van der Waals surface area contributed by atoms with Crippen molar-refractivity contribution >= 4 is 49.4 Å². The van der Waals surface area contributed by atoms with Crippen molar-refractivity contribution < 1.29 is 4.79 Å². The van der Waals surface area contributed by atoms with Gasteiger partial charge in [0.15, 0.2) is 0 Å². The lowest BCUT2D eigenvalue weighted by atomic mass is 9.89. The average Bonchev–Trinajstić information content (AvgIpc) is 2.41. The molecule has 104 valence electrons. The second kappa shape index (κ2) is 7.09. The van der Waals surface area contributed by atoms with Gasteiger partial charge in [-0.05, 0) is 59.7 Å². The van der Waals surface area contributed by atoms with E-state index in [1.165, 1.54) is 25.7 Å². The van der Waals surface area contributed by atoms with Crippen LogP contribution >= 0.6 is 43.5 Å². The van der Waals surface area contributed by atoms with Gasteiger partial charge in [0.05, 0.1) is 10.6 Å². The Balaban J connectivity index is 1.89. The molecule has 0 saturated heterocycles. The molecule has 0 atom stereocenters. The minimum Gasteiger partial charge on any atom is -0.352 e. The fourth-order valence-electron chi connectivity index (χ4n) is 2.34. The molecule has 0 radical (unpaired) electrons. The van der Waals surface area contributed by atoms with Crippen LogP contribution in [0.3, 0.4) is 0 Å². The predicted molar refractivity (Wildman–Crippen MR) is 86.2 cm³/mol. The molecule has 0 aliphatic heterocycles. The van der Waals surface area contributed by atoms with Crippen LogP contribution in [0.25, 0.3) is 0 Å². The van der Waals surface area contributed by atoms with E-state index in [9.17, 15) is 4.79 Å². The number of benzene rings is 1. The summed E-state index contributed by atoms with van der Waals surface area (Å²) in [6.07, 6.45) is 4.72. The molecule has 1 aliphatic carbocycles. The Morgan fingerprint density at radius 3 is 2.68 bits per heavy atom. The minimum atomic E-state index is -0.0905. The van der Waals surface area contributed by atoms with Crippen LogP contribution < -0.4 is 5.32 Å². The summed E-state index contributed by atoms with van der Waals surface area (Å²) in [5.74, 6) is 0.496. The average molecular weight is 410 g/mol. The summed E-state index contributed by atoms with van der Waals surface area (Å²) in [5.41, 5.74) is 0.533. The predicted octanol–water partition coefficient (Wildman–Crippen LogP) is 4.79. The fraction of sp³-hybridized carbons (Fsp3) is 0.500. The number of nitrogens with one attached hydrogen (secondary N) is 1. The van der Waals surface area contributed by atoms with Crippen molar-refractivity contribution in [2.45, 2.75) is 30.5 Å². The zero-order chi connectivity index (χ0) is 13.8. The minimum absolute atomic E-state index is 0.0905. The Morgan fingerprint density at radius 2 is 2.00 bits per heavy atom. The normalized spacial score (nSPS) is 23.1. The molecular formula is C14H16Br2ClNO. The zero-order valence-electron chi connectivity index (χ0n) is 10.5. The van der Waals surface area contributed by atoms with Gasteiger partial charge >= 0.3 is 0 Å². The van der Waals surface area contributed by atoms with E-state index in [0.717, 1.165) is 11.0 Å². The molecule has 1 fully saturated rings. The third-order valence-electron chi connectivity index (χ3n) is 3.52.